The quantitative estimate of drug-likeness (QED) is 0.736. The van der Waals surface area contributed by atoms with Crippen molar-refractivity contribution in [2.75, 3.05) is 13.1 Å². The van der Waals surface area contributed by atoms with Crippen LogP contribution in [-0.4, -0.2) is 19.0 Å². The van der Waals surface area contributed by atoms with Gasteiger partial charge in [0.2, 0.25) is 5.91 Å². The molecule has 3 nitrogen and oxygen atoms in total. The molecule has 1 amide bonds. The minimum atomic E-state index is 0.0905. The van der Waals surface area contributed by atoms with Crippen LogP contribution in [0.2, 0.25) is 0 Å². The standard InChI is InChI=1S/C19H24N2O/c1-16-7-9-18(10-8-16)15-21-19(22)12-14-20-13-11-17-5-3-2-4-6-17/h2-10,20H,11-15H2,1H3,(H,21,22). The van der Waals surface area contributed by atoms with E-state index in [9.17, 15) is 4.79 Å². The van der Waals surface area contributed by atoms with Crippen molar-refractivity contribution in [3.8, 4) is 0 Å². The topological polar surface area (TPSA) is 41.1 Å². The third kappa shape index (κ3) is 6.10. The highest BCUT2D eigenvalue weighted by Gasteiger charge is 2.01. The van der Waals surface area contributed by atoms with Crippen molar-refractivity contribution >= 4 is 5.91 Å². The van der Waals surface area contributed by atoms with E-state index in [1.165, 1.54) is 11.1 Å². The van der Waals surface area contributed by atoms with Gasteiger partial charge in [-0.05, 0) is 31.0 Å². The van der Waals surface area contributed by atoms with Gasteiger partial charge in [0.15, 0.2) is 0 Å². The van der Waals surface area contributed by atoms with Crippen molar-refractivity contribution in [1.82, 2.24) is 10.6 Å². The summed E-state index contributed by atoms with van der Waals surface area (Å²) in [6.45, 7) is 4.27. The maximum Gasteiger partial charge on any atom is 0.221 e. The van der Waals surface area contributed by atoms with Gasteiger partial charge in [0.1, 0.15) is 0 Å². The number of hydrogen-bond acceptors (Lipinski definition) is 2. The predicted molar refractivity (Wildman–Crippen MR) is 90.7 cm³/mol. The van der Waals surface area contributed by atoms with Crippen LogP contribution in [0.25, 0.3) is 0 Å². The number of carbonyl (C=O) groups excluding carboxylic acids is 1. The molecule has 0 spiro atoms. The monoisotopic (exact) mass is 296 g/mol. The lowest BCUT2D eigenvalue weighted by molar-refractivity contribution is -0.121. The Morgan fingerprint density at radius 3 is 2.36 bits per heavy atom. The van der Waals surface area contributed by atoms with Crippen LogP contribution in [0, 0.1) is 6.92 Å². The van der Waals surface area contributed by atoms with Gasteiger partial charge in [-0.1, -0.05) is 60.2 Å². The zero-order valence-electron chi connectivity index (χ0n) is 13.1. The second-order valence-electron chi connectivity index (χ2n) is 5.50. The Morgan fingerprint density at radius 2 is 1.64 bits per heavy atom. The normalized spacial score (nSPS) is 10.4. The van der Waals surface area contributed by atoms with Gasteiger partial charge in [-0.2, -0.15) is 0 Å². The highest BCUT2D eigenvalue weighted by molar-refractivity contribution is 5.76. The SMILES string of the molecule is Cc1ccc(CNC(=O)CCNCCc2ccccc2)cc1. The van der Waals surface area contributed by atoms with Crippen LogP contribution in [-0.2, 0) is 17.8 Å². The largest absolute Gasteiger partial charge is 0.352 e. The lowest BCUT2D eigenvalue weighted by atomic mass is 10.1. The van der Waals surface area contributed by atoms with Crippen LogP contribution in [0.5, 0.6) is 0 Å². The Hall–Kier alpha value is -2.13. The van der Waals surface area contributed by atoms with Gasteiger partial charge in [-0.3, -0.25) is 4.79 Å². The summed E-state index contributed by atoms with van der Waals surface area (Å²) < 4.78 is 0. The zero-order valence-corrected chi connectivity index (χ0v) is 13.1. The predicted octanol–water partition coefficient (Wildman–Crippen LogP) is 2.83. The first kappa shape index (κ1) is 16.2. The van der Waals surface area contributed by atoms with E-state index in [4.69, 9.17) is 0 Å². The summed E-state index contributed by atoms with van der Waals surface area (Å²) >= 11 is 0. The third-order valence-electron chi connectivity index (χ3n) is 3.57. The summed E-state index contributed by atoms with van der Waals surface area (Å²) in [6.07, 6.45) is 1.51. The molecule has 0 heterocycles. The molecule has 116 valence electrons. The van der Waals surface area contributed by atoms with E-state index >= 15 is 0 Å². The maximum absolute atomic E-state index is 11.8. The maximum atomic E-state index is 11.8. The number of rotatable bonds is 8. The molecule has 0 radical (unpaired) electrons. The second-order valence-corrected chi connectivity index (χ2v) is 5.50. The van der Waals surface area contributed by atoms with Crippen molar-refractivity contribution < 1.29 is 4.79 Å². The second kappa shape index (κ2) is 9.00. The molecule has 0 aliphatic rings. The number of carbonyl (C=O) groups is 1. The summed E-state index contributed by atoms with van der Waals surface area (Å²) in [7, 11) is 0. The molecule has 2 aromatic carbocycles. The minimum absolute atomic E-state index is 0.0905. The molecule has 3 heteroatoms. The Labute approximate surface area is 132 Å². The Kier molecular flexibility index (Phi) is 6.65. The molecule has 2 aromatic rings. The molecule has 0 atom stereocenters. The molecule has 0 saturated carbocycles. The smallest absolute Gasteiger partial charge is 0.221 e. The van der Waals surface area contributed by atoms with E-state index in [0.717, 1.165) is 18.5 Å². The van der Waals surface area contributed by atoms with Crippen molar-refractivity contribution in [2.45, 2.75) is 26.3 Å². The van der Waals surface area contributed by atoms with E-state index in [-0.39, 0.29) is 5.91 Å². The van der Waals surface area contributed by atoms with E-state index < -0.39 is 0 Å². The Balaban J connectivity index is 1.55. The number of hydrogen-bond donors (Lipinski definition) is 2. The Bertz CT molecular complexity index is 564. The highest BCUT2D eigenvalue weighted by Crippen LogP contribution is 2.02. The zero-order chi connectivity index (χ0) is 15.6. The lowest BCUT2D eigenvalue weighted by Crippen LogP contribution is -2.28. The van der Waals surface area contributed by atoms with Crippen LogP contribution in [0.1, 0.15) is 23.1 Å². The molecule has 2 rings (SSSR count). The van der Waals surface area contributed by atoms with Crippen LogP contribution in [0.3, 0.4) is 0 Å². The van der Waals surface area contributed by atoms with Gasteiger partial charge >= 0.3 is 0 Å². The van der Waals surface area contributed by atoms with Crippen LogP contribution >= 0.6 is 0 Å². The lowest BCUT2D eigenvalue weighted by Gasteiger charge is -2.07. The van der Waals surface area contributed by atoms with Gasteiger partial charge in [0.05, 0.1) is 0 Å². The number of nitrogens with one attached hydrogen (secondary N) is 2. The highest BCUT2D eigenvalue weighted by atomic mass is 16.1. The molecular weight excluding hydrogens is 272 g/mol. The fraction of sp³-hybridized carbons (Fsp3) is 0.316. The van der Waals surface area contributed by atoms with Crippen LogP contribution in [0.4, 0.5) is 0 Å². The first-order valence-electron chi connectivity index (χ1n) is 7.81. The van der Waals surface area contributed by atoms with Gasteiger partial charge in [-0.15, -0.1) is 0 Å². The van der Waals surface area contributed by atoms with Crippen molar-refractivity contribution in [2.24, 2.45) is 0 Å². The number of aryl methyl sites for hydroxylation is 1. The van der Waals surface area contributed by atoms with Gasteiger partial charge < -0.3 is 10.6 Å². The molecular formula is C19H24N2O. The van der Waals surface area contributed by atoms with E-state index in [2.05, 4.69) is 41.8 Å². The van der Waals surface area contributed by atoms with Crippen molar-refractivity contribution in [3.05, 3.63) is 71.3 Å². The first-order valence-corrected chi connectivity index (χ1v) is 7.81. The Morgan fingerprint density at radius 1 is 0.909 bits per heavy atom. The molecule has 0 aliphatic carbocycles. The molecule has 0 bridgehead atoms. The molecule has 2 N–H and O–H groups in total. The average Bonchev–Trinajstić information content (AvgIpc) is 2.55. The van der Waals surface area contributed by atoms with Crippen LogP contribution < -0.4 is 10.6 Å². The van der Waals surface area contributed by atoms with Gasteiger partial charge in [0.25, 0.3) is 0 Å². The van der Waals surface area contributed by atoms with Crippen molar-refractivity contribution in [3.63, 3.8) is 0 Å². The third-order valence-corrected chi connectivity index (χ3v) is 3.57. The minimum Gasteiger partial charge on any atom is -0.352 e. The van der Waals surface area contributed by atoms with E-state index in [1.54, 1.807) is 0 Å². The number of benzene rings is 2. The summed E-state index contributed by atoms with van der Waals surface area (Å²) in [5.74, 6) is 0.0905. The van der Waals surface area contributed by atoms with E-state index in [0.29, 0.717) is 19.5 Å². The molecule has 0 aliphatic heterocycles. The van der Waals surface area contributed by atoms with Crippen molar-refractivity contribution in [1.29, 1.82) is 0 Å². The van der Waals surface area contributed by atoms with Gasteiger partial charge in [-0.25, -0.2) is 0 Å². The van der Waals surface area contributed by atoms with E-state index in [1.807, 2.05) is 30.3 Å². The number of amides is 1. The summed E-state index contributed by atoms with van der Waals surface area (Å²) in [5, 5.41) is 6.26. The molecule has 0 saturated heterocycles. The molecule has 0 fully saturated rings. The summed E-state index contributed by atoms with van der Waals surface area (Å²) in [5.41, 5.74) is 3.69. The molecule has 0 aromatic heterocycles. The summed E-state index contributed by atoms with van der Waals surface area (Å²) in [4.78, 5) is 11.8. The van der Waals surface area contributed by atoms with Crippen LogP contribution in [0.15, 0.2) is 54.6 Å². The fourth-order valence-corrected chi connectivity index (χ4v) is 2.20. The summed E-state index contributed by atoms with van der Waals surface area (Å²) in [6, 6.07) is 18.6. The molecule has 22 heavy (non-hydrogen) atoms. The van der Waals surface area contributed by atoms with Gasteiger partial charge in [0, 0.05) is 19.5 Å². The average molecular weight is 296 g/mol. The molecule has 0 unspecified atom stereocenters. The fourth-order valence-electron chi connectivity index (χ4n) is 2.20. The first-order chi connectivity index (χ1) is 10.7.